The fourth-order valence-corrected chi connectivity index (χ4v) is 1.94. The number of nitrogens with zero attached hydrogens (tertiary/aromatic N) is 5. The summed E-state index contributed by atoms with van der Waals surface area (Å²) in [7, 11) is 0. The van der Waals surface area contributed by atoms with Crippen molar-refractivity contribution in [3.05, 3.63) is 17.5 Å². The topological polar surface area (TPSA) is 75.4 Å². The predicted octanol–water partition coefficient (Wildman–Crippen LogP) is 1.06. The minimum Gasteiger partial charge on any atom is -0.361 e. The number of nitrogens with one attached hydrogen (secondary N) is 1. The normalized spacial score (nSPS) is 10.7. The summed E-state index contributed by atoms with van der Waals surface area (Å²) in [5.74, 6) is 1.00. The van der Waals surface area contributed by atoms with E-state index in [2.05, 4.69) is 20.4 Å². The predicted molar refractivity (Wildman–Crippen MR) is 72.2 cm³/mol. The van der Waals surface area contributed by atoms with Crippen LogP contribution in [-0.2, 0) is 4.79 Å². The Morgan fingerprint density at radius 2 is 2.21 bits per heavy atom. The van der Waals surface area contributed by atoms with Gasteiger partial charge in [-0.25, -0.2) is 0 Å². The Hall–Kier alpha value is -1.89. The number of carbonyl (C=O) groups is 1. The van der Waals surface area contributed by atoms with Crippen molar-refractivity contribution in [2.75, 3.05) is 25.0 Å². The summed E-state index contributed by atoms with van der Waals surface area (Å²) in [6.45, 7) is 5.44. The van der Waals surface area contributed by atoms with E-state index in [9.17, 15) is 4.79 Å². The molecule has 19 heavy (non-hydrogen) atoms. The van der Waals surface area contributed by atoms with Crippen molar-refractivity contribution < 1.29 is 4.79 Å². The molecule has 2 aromatic heterocycles. The van der Waals surface area contributed by atoms with Crippen LogP contribution in [0.25, 0.3) is 5.78 Å². The molecule has 2 rings (SSSR count). The number of carbonyl (C=O) groups excluding carboxylic acids is 1. The Morgan fingerprint density at radius 1 is 1.47 bits per heavy atom. The van der Waals surface area contributed by atoms with Gasteiger partial charge in [0.25, 0.3) is 5.78 Å². The van der Waals surface area contributed by atoms with Gasteiger partial charge < -0.3 is 10.2 Å². The second-order valence-electron chi connectivity index (χ2n) is 3.86. The first-order valence-electron chi connectivity index (χ1n) is 6.03. The lowest BCUT2D eigenvalue weighted by molar-refractivity contribution is -0.128. The van der Waals surface area contributed by atoms with Gasteiger partial charge in [-0.15, -0.1) is 0 Å². The first-order valence-corrected chi connectivity index (χ1v) is 6.41. The molecule has 0 atom stereocenters. The van der Waals surface area contributed by atoms with Crippen LogP contribution in [0.15, 0.2) is 12.4 Å². The van der Waals surface area contributed by atoms with Gasteiger partial charge in [0, 0.05) is 19.2 Å². The fraction of sp³-hybridized carbons (Fsp3) is 0.455. The van der Waals surface area contributed by atoms with Gasteiger partial charge in [0.05, 0.1) is 6.54 Å². The molecule has 8 heteroatoms. The molecule has 0 aliphatic heterocycles. The van der Waals surface area contributed by atoms with Gasteiger partial charge >= 0.3 is 0 Å². The standard InChI is InChI=1S/C11H15ClN6O/c1-3-17(4-2)10(19)6-13-9-5-8(12)16-11-14-7-15-18(9)11/h5,7,13H,3-4,6H2,1-2H3. The third-order valence-electron chi connectivity index (χ3n) is 2.76. The highest BCUT2D eigenvalue weighted by Gasteiger charge is 2.11. The SMILES string of the molecule is CCN(CC)C(=O)CNc1cc(Cl)nc2ncnn12. The van der Waals surface area contributed by atoms with Crippen molar-refractivity contribution in [3.8, 4) is 0 Å². The van der Waals surface area contributed by atoms with Crippen LogP contribution in [0, 0.1) is 0 Å². The van der Waals surface area contributed by atoms with Crippen molar-refractivity contribution in [3.63, 3.8) is 0 Å². The Labute approximate surface area is 115 Å². The molecule has 0 fully saturated rings. The number of hydrogen-bond acceptors (Lipinski definition) is 5. The molecule has 0 bridgehead atoms. The average molecular weight is 283 g/mol. The molecule has 0 aliphatic carbocycles. The molecular weight excluding hydrogens is 268 g/mol. The zero-order valence-electron chi connectivity index (χ0n) is 10.8. The molecule has 0 aliphatic rings. The Bertz CT molecular complexity index is 580. The van der Waals surface area contributed by atoms with Crippen LogP contribution in [0.1, 0.15) is 13.8 Å². The van der Waals surface area contributed by atoms with E-state index in [1.54, 1.807) is 11.0 Å². The Balaban J connectivity index is 2.13. The van der Waals surface area contributed by atoms with E-state index >= 15 is 0 Å². The summed E-state index contributed by atoms with van der Waals surface area (Å²) >= 11 is 5.89. The average Bonchev–Trinajstić information content (AvgIpc) is 2.85. The molecule has 0 spiro atoms. The van der Waals surface area contributed by atoms with E-state index in [-0.39, 0.29) is 12.5 Å². The Kier molecular flexibility index (Phi) is 4.16. The molecule has 0 saturated carbocycles. The van der Waals surface area contributed by atoms with Crippen molar-refractivity contribution in [2.45, 2.75) is 13.8 Å². The van der Waals surface area contributed by atoms with Gasteiger partial charge in [-0.3, -0.25) is 4.79 Å². The first kappa shape index (κ1) is 13.5. The maximum Gasteiger partial charge on any atom is 0.255 e. The van der Waals surface area contributed by atoms with Gasteiger partial charge in [0.2, 0.25) is 5.91 Å². The smallest absolute Gasteiger partial charge is 0.255 e. The van der Waals surface area contributed by atoms with Gasteiger partial charge in [-0.05, 0) is 13.8 Å². The second-order valence-corrected chi connectivity index (χ2v) is 4.24. The van der Waals surface area contributed by atoms with Gasteiger partial charge in [-0.1, -0.05) is 11.6 Å². The molecule has 0 radical (unpaired) electrons. The number of hydrogen-bond donors (Lipinski definition) is 1. The summed E-state index contributed by atoms with van der Waals surface area (Å²) in [4.78, 5) is 21.6. The molecule has 1 N–H and O–H groups in total. The number of fused-ring (bicyclic) bond motifs is 1. The van der Waals surface area contributed by atoms with Crippen molar-refractivity contribution >= 4 is 29.1 Å². The maximum atomic E-state index is 11.9. The van der Waals surface area contributed by atoms with Crippen molar-refractivity contribution in [2.24, 2.45) is 0 Å². The van der Waals surface area contributed by atoms with Crippen molar-refractivity contribution in [1.29, 1.82) is 0 Å². The van der Waals surface area contributed by atoms with Crippen LogP contribution in [0.5, 0.6) is 0 Å². The van der Waals surface area contributed by atoms with Crippen LogP contribution in [0.2, 0.25) is 5.15 Å². The van der Waals surface area contributed by atoms with E-state index in [0.29, 0.717) is 29.8 Å². The largest absolute Gasteiger partial charge is 0.361 e. The van der Waals surface area contributed by atoms with Gasteiger partial charge in [-0.2, -0.15) is 19.6 Å². The number of halogens is 1. The third kappa shape index (κ3) is 2.93. The van der Waals surface area contributed by atoms with Crippen LogP contribution in [-0.4, -0.2) is 50.0 Å². The lowest BCUT2D eigenvalue weighted by Crippen LogP contribution is -2.35. The van der Waals surface area contributed by atoms with E-state index in [4.69, 9.17) is 11.6 Å². The fourth-order valence-electron chi connectivity index (χ4n) is 1.76. The molecule has 0 aromatic carbocycles. The third-order valence-corrected chi connectivity index (χ3v) is 2.95. The molecule has 102 valence electrons. The molecule has 2 heterocycles. The highest BCUT2D eigenvalue weighted by atomic mass is 35.5. The second kappa shape index (κ2) is 5.83. The number of rotatable bonds is 5. The number of amides is 1. The van der Waals surface area contributed by atoms with E-state index in [1.807, 2.05) is 13.8 Å². The summed E-state index contributed by atoms with van der Waals surface area (Å²) in [5.41, 5.74) is 0. The monoisotopic (exact) mass is 282 g/mol. The van der Waals surface area contributed by atoms with Gasteiger partial charge in [0.1, 0.15) is 17.3 Å². The molecule has 1 amide bonds. The summed E-state index contributed by atoms with van der Waals surface area (Å²) in [5, 5.41) is 7.33. The highest BCUT2D eigenvalue weighted by molar-refractivity contribution is 6.29. The first-order chi connectivity index (χ1) is 9.15. The lowest BCUT2D eigenvalue weighted by atomic mass is 10.4. The van der Waals surface area contributed by atoms with E-state index < -0.39 is 0 Å². The van der Waals surface area contributed by atoms with Crippen LogP contribution in [0.4, 0.5) is 5.82 Å². The zero-order valence-corrected chi connectivity index (χ0v) is 11.6. The molecule has 0 saturated heterocycles. The number of likely N-dealkylation sites (N-methyl/N-ethyl adjacent to an activating group) is 1. The van der Waals surface area contributed by atoms with Crippen LogP contribution in [0.3, 0.4) is 0 Å². The van der Waals surface area contributed by atoms with Gasteiger partial charge in [0.15, 0.2) is 0 Å². The lowest BCUT2D eigenvalue weighted by Gasteiger charge is -2.19. The van der Waals surface area contributed by atoms with Crippen LogP contribution < -0.4 is 5.32 Å². The van der Waals surface area contributed by atoms with Crippen LogP contribution >= 0.6 is 11.6 Å². The Morgan fingerprint density at radius 3 is 2.89 bits per heavy atom. The highest BCUT2D eigenvalue weighted by Crippen LogP contribution is 2.14. The molecule has 7 nitrogen and oxygen atoms in total. The zero-order chi connectivity index (χ0) is 13.8. The van der Waals surface area contributed by atoms with E-state index in [0.717, 1.165) is 0 Å². The quantitative estimate of drug-likeness (QED) is 0.830. The number of aromatic nitrogens is 4. The summed E-state index contributed by atoms with van der Waals surface area (Å²) in [6, 6.07) is 1.61. The molecule has 0 unspecified atom stereocenters. The molecule has 2 aromatic rings. The number of anilines is 1. The maximum absolute atomic E-state index is 11.9. The summed E-state index contributed by atoms with van der Waals surface area (Å²) < 4.78 is 1.50. The minimum atomic E-state index is 0.0196. The minimum absolute atomic E-state index is 0.0196. The van der Waals surface area contributed by atoms with Crippen molar-refractivity contribution in [1.82, 2.24) is 24.5 Å². The molecular formula is C11H15ClN6O. The summed E-state index contributed by atoms with van der Waals surface area (Å²) in [6.07, 6.45) is 1.38. The van der Waals surface area contributed by atoms with E-state index in [1.165, 1.54) is 10.8 Å².